The maximum absolute atomic E-state index is 12.6. The van der Waals surface area contributed by atoms with Gasteiger partial charge in [-0.25, -0.2) is 0 Å². The number of thiophene rings is 1. The normalized spacial score (nSPS) is 10.8. The topological polar surface area (TPSA) is 38.3 Å². The van der Waals surface area contributed by atoms with Crippen LogP contribution in [0.3, 0.4) is 0 Å². The molecule has 0 atom stereocenters. The zero-order valence-corrected chi connectivity index (χ0v) is 15.9. The molecule has 3 aromatic rings. The number of ether oxygens (including phenoxy) is 1. The number of alkyl halides is 2. The number of nitrogens with one attached hydrogen (secondary N) is 1. The Morgan fingerprint density at radius 1 is 1.07 bits per heavy atom. The van der Waals surface area contributed by atoms with E-state index in [4.69, 9.17) is 0 Å². The zero-order chi connectivity index (χ0) is 19.1. The first-order valence-corrected chi connectivity index (χ1v) is 10.0. The van der Waals surface area contributed by atoms with Gasteiger partial charge in [0.2, 0.25) is 0 Å². The average molecular weight is 405 g/mol. The summed E-state index contributed by atoms with van der Waals surface area (Å²) >= 11 is 3.27. The highest BCUT2D eigenvalue weighted by Crippen LogP contribution is 2.28. The Morgan fingerprint density at radius 3 is 2.63 bits per heavy atom. The summed E-state index contributed by atoms with van der Waals surface area (Å²) in [5, 5.41) is 4.81. The lowest BCUT2D eigenvalue weighted by atomic mass is 10.1. The number of halogens is 2. The summed E-state index contributed by atoms with van der Waals surface area (Å²) in [5.41, 5.74) is 1.06. The Balaban J connectivity index is 1.66. The van der Waals surface area contributed by atoms with Crippen molar-refractivity contribution in [3.63, 3.8) is 0 Å². The fourth-order valence-electron chi connectivity index (χ4n) is 2.46. The highest BCUT2D eigenvalue weighted by atomic mass is 32.2. The molecule has 0 aliphatic rings. The molecule has 140 valence electrons. The van der Waals surface area contributed by atoms with Gasteiger partial charge in [-0.1, -0.05) is 36.4 Å². The predicted octanol–water partition coefficient (Wildman–Crippen LogP) is 5.57. The summed E-state index contributed by atoms with van der Waals surface area (Å²) < 4.78 is 29.5. The van der Waals surface area contributed by atoms with E-state index in [-0.39, 0.29) is 18.2 Å². The first-order chi connectivity index (χ1) is 13.1. The molecule has 3 nitrogen and oxygen atoms in total. The summed E-state index contributed by atoms with van der Waals surface area (Å²) in [4.78, 5) is 14.7. The van der Waals surface area contributed by atoms with E-state index in [0.717, 1.165) is 10.6 Å². The van der Waals surface area contributed by atoms with Crippen molar-refractivity contribution < 1.29 is 18.3 Å². The molecule has 1 amide bonds. The molecule has 1 aromatic heterocycles. The minimum atomic E-state index is -2.91. The van der Waals surface area contributed by atoms with Gasteiger partial charge in [0.25, 0.3) is 5.91 Å². The standard InChI is InChI=1S/C20H17F2NO2S2/c21-20(22)25-17-9-3-1-6-14(17)12-23-19(24)16-8-2-4-10-18(16)27-13-15-7-5-11-26-15/h1-11,20H,12-13H2,(H,23,24). The van der Waals surface area contributed by atoms with Gasteiger partial charge >= 0.3 is 6.61 Å². The van der Waals surface area contributed by atoms with Gasteiger partial charge in [-0.3, -0.25) is 4.79 Å². The van der Waals surface area contributed by atoms with Crippen LogP contribution in [0.5, 0.6) is 5.75 Å². The number of benzene rings is 2. The second-order valence-electron chi connectivity index (χ2n) is 5.53. The molecule has 3 rings (SSSR count). The maximum Gasteiger partial charge on any atom is 0.387 e. The van der Waals surface area contributed by atoms with Crippen molar-refractivity contribution in [1.29, 1.82) is 0 Å². The van der Waals surface area contributed by atoms with Crippen molar-refractivity contribution in [2.45, 2.75) is 23.8 Å². The van der Waals surface area contributed by atoms with Crippen LogP contribution in [0.25, 0.3) is 0 Å². The summed E-state index contributed by atoms with van der Waals surface area (Å²) in [7, 11) is 0. The average Bonchev–Trinajstić information content (AvgIpc) is 3.19. The van der Waals surface area contributed by atoms with Gasteiger partial charge < -0.3 is 10.1 Å². The molecule has 2 aromatic carbocycles. The van der Waals surface area contributed by atoms with Gasteiger partial charge in [-0.15, -0.1) is 23.1 Å². The van der Waals surface area contributed by atoms with Crippen molar-refractivity contribution in [2.24, 2.45) is 0 Å². The van der Waals surface area contributed by atoms with Crippen molar-refractivity contribution in [2.75, 3.05) is 0 Å². The summed E-state index contributed by atoms with van der Waals surface area (Å²) in [6.07, 6.45) is 0. The number of rotatable bonds is 8. The van der Waals surface area contributed by atoms with Gasteiger partial charge in [0, 0.05) is 27.6 Å². The number of hydrogen-bond acceptors (Lipinski definition) is 4. The van der Waals surface area contributed by atoms with Crippen LogP contribution < -0.4 is 10.1 Å². The third-order valence-corrected chi connectivity index (χ3v) is 5.89. The minimum Gasteiger partial charge on any atom is -0.434 e. The van der Waals surface area contributed by atoms with Crippen LogP contribution in [0, 0.1) is 0 Å². The zero-order valence-electron chi connectivity index (χ0n) is 14.2. The highest BCUT2D eigenvalue weighted by Gasteiger charge is 2.14. The molecule has 0 radical (unpaired) electrons. The molecule has 1 N–H and O–H groups in total. The minimum absolute atomic E-state index is 0.0631. The Hall–Kier alpha value is -2.38. The third-order valence-electron chi connectivity index (χ3n) is 3.71. The number of carbonyl (C=O) groups is 1. The SMILES string of the molecule is O=C(NCc1ccccc1OC(F)F)c1ccccc1SCc1cccs1. The van der Waals surface area contributed by atoms with Crippen LogP contribution in [0.1, 0.15) is 20.8 Å². The second-order valence-corrected chi connectivity index (χ2v) is 7.58. The van der Waals surface area contributed by atoms with Gasteiger partial charge in [-0.05, 0) is 29.6 Å². The molecular weight excluding hydrogens is 388 g/mol. The van der Waals surface area contributed by atoms with Crippen LogP contribution >= 0.6 is 23.1 Å². The van der Waals surface area contributed by atoms with Crippen LogP contribution in [0.15, 0.2) is 70.9 Å². The first kappa shape index (κ1) is 19.4. The molecule has 0 bridgehead atoms. The smallest absolute Gasteiger partial charge is 0.387 e. The number of carbonyl (C=O) groups excluding carboxylic acids is 1. The van der Waals surface area contributed by atoms with Crippen molar-refractivity contribution in [3.05, 3.63) is 82.0 Å². The van der Waals surface area contributed by atoms with E-state index < -0.39 is 6.61 Å². The van der Waals surface area contributed by atoms with Crippen LogP contribution in [-0.2, 0) is 12.3 Å². The Kier molecular flexibility index (Phi) is 6.84. The van der Waals surface area contributed by atoms with Crippen LogP contribution in [0.2, 0.25) is 0 Å². The van der Waals surface area contributed by atoms with Crippen molar-refractivity contribution in [1.82, 2.24) is 5.32 Å². The lowest BCUT2D eigenvalue weighted by Crippen LogP contribution is -2.23. The van der Waals surface area contributed by atoms with E-state index in [1.807, 2.05) is 23.6 Å². The third kappa shape index (κ3) is 5.55. The summed E-state index contributed by atoms with van der Waals surface area (Å²) in [6.45, 7) is -2.80. The molecule has 0 aliphatic heterocycles. The quantitative estimate of drug-likeness (QED) is 0.498. The van der Waals surface area contributed by atoms with Crippen LogP contribution in [0.4, 0.5) is 8.78 Å². The van der Waals surface area contributed by atoms with Gasteiger partial charge in [0.1, 0.15) is 5.75 Å². The van der Waals surface area contributed by atoms with Gasteiger partial charge in [0.05, 0.1) is 5.56 Å². The number of para-hydroxylation sites is 1. The predicted molar refractivity (Wildman–Crippen MR) is 105 cm³/mol. The summed E-state index contributed by atoms with van der Waals surface area (Å²) in [6, 6.07) is 17.8. The molecule has 1 heterocycles. The van der Waals surface area contributed by atoms with E-state index >= 15 is 0 Å². The Labute approximate surface area is 164 Å². The molecule has 7 heteroatoms. The second kappa shape index (κ2) is 9.53. The Morgan fingerprint density at radius 2 is 1.85 bits per heavy atom. The monoisotopic (exact) mass is 405 g/mol. The molecule has 0 unspecified atom stereocenters. The van der Waals surface area contributed by atoms with E-state index in [2.05, 4.69) is 16.1 Å². The first-order valence-electron chi connectivity index (χ1n) is 8.18. The number of thioether (sulfide) groups is 1. The largest absolute Gasteiger partial charge is 0.434 e. The lowest BCUT2D eigenvalue weighted by molar-refractivity contribution is -0.0504. The number of amides is 1. The molecule has 0 aliphatic carbocycles. The summed E-state index contributed by atoms with van der Waals surface area (Å²) in [5.74, 6) is 0.594. The van der Waals surface area contributed by atoms with E-state index in [9.17, 15) is 13.6 Å². The fourth-order valence-corrected chi connectivity index (χ4v) is 4.28. The van der Waals surface area contributed by atoms with Gasteiger partial charge in [0.15, 0.2) is 0 Å². The Bertz CT molecular complexity index is 885. The number of hydrogen-bond donors (Lipinski definition) is 1. The molecule has 27 heavy (non-hydrogen) atoms. The van der Waals surface area contributed by atoms with Crippen molar-refractivity contribution in [3.8, 4) is 5.75 Å². The molecule has 0 saturated heterocycles. The van der Waals surface area contributed by atoms with Crippen molar-refractivity contribution >= 4 is 29.0 Å². The molecule has 0 saturated carbocycles. The molecular formula is C20H17F2NO2S2. The maximum atomic E-state index is 12.6. The molecule has 0 fully saturated rings. The fraction of sp³-hybridized carbons (Fsp3) is 0.150. The highest BCUT2D eigenvalue weighted by molar-refractivity contribution is 7.98. The van der Waals surface area contributed by atoms with E-state index in [0.29, 0.717) is 11.1 Å². The molecule has 0 spiro atoms. The van der Waals surface area contributed by atoms with E-state index in [1.54, 1.807) is 53.4 Å². The van der Waals surface area contributed by atoms with E-state index in [1.165, 1.54) is 10.9 Å². The van der Waals surface area contributed by atoms with Gasteiger partial charge in [-0.2, -0.15) is 8.78 Å². The lowest BCUT2D eigenvalue weighted by Gasteiger charge is -2.12. The van der Waals surface area contributed by atoms with Crippen LogP contribution in [-0.4, -0.2) is 12.5 Å².